The molecule has 27 heavy (non-hydrogen) atoms. The van der Waals surface area contributed by atoms with Crippen LogP contribution in [0, 0.1) is 0 Å². The van der Waals surface area contributed by atoms with Crippen LogP contribution in [0.3, 0.4) is 0 Å². The SMILES string of the molecule is CCOc1cc(CNc2nccs2)cc(Br)c1OCc1c(Cl)cccc1Cl. The largest absolute Gasteiger partial charge is 0.490 e. The third-order valence-corrected chi connectivity index (χ3v) is 5.70. The third kappa shape index (κ3) is 5.29. The number of hydrogen-bond acceptors (Lipinski definition) is 5. The summed E-state index contributed by atoms with van der Waals surface area (Å²) in [7, 11) is 0. The summed E-state index contributed by atoms with van der Waals surface area (Å²) in [4.78, 5) is 4.22. The molecule has 1 heterocycles. The number of nitrogens with one attached hydrogen (secondary N) is 1. The van der Waals surface area contributed by atoms with Crippen molar-refractivity contribution >= 4 is 55.6 Å². The van der Waals surface area contributed by atoms with E-state index >= 15 is 0 Å². The number of thiazole rings is 1. The van der Waals surface area contributed by atoms with Crippen LogP contribution in [0.5, 0.6) is 11.5 Å². The molecule has 0 fully saturated rings. The van der Waals surface area contributed by atoms with Crippen LogP contribution in [0.25, 0.3) is 0 Å². The molecule has 3 aromatic rings. The van der Waals surface area contributed by atoms with E-state index in [-0.39, 0.29) is 6.61 Å². The summed E-state index contributed by atoms with van der Waals surface area (Å²) in [5.41, 5.74) is 1.79. The van der Waals surface area contributed by atoms with Gasteiger partial charge >= 0.3 is 0 Å². The minimum absolute atomic E-state index is 0.244. The topological polar surface area (TPSA) is 43.4 Å². The Balaban J connectivity index is 1.79. The molecule has 0 aliphatic carbocycles. The Morgan fingerprint density at radius 1 is 1.19 bits per heavy atom. The minimum Gasteiger partial charge on any atom is -0.490 e. The Hall–Kier alpha value is -1.47. The summed E-state index contributed by atoms with van der Waals surface area (Å²) in [6.07, 6.45) is 1.77. The van der Waals surface area contributed by atoms with E-state index in [9.17, 15) is 0 Å². The van der Waals surface area contributed by atoms with Crippen LogP contribution < -0.4 is 14.8 Å². The first-order valence-electron chi connectivity index (χ1n) is 8.22. The van der Waals surface area contributed by atoms with Gasteiger partial charge in [-0.1, -0.05) is 29.3 Å². The highest BCUT2D eigenvalue weighted by Gasteiger charge is 2.15. The molecule has 0 atom stereocenters. The van der Waals surface area contributed by atoms with Crippen molar-refractivity contribution in [2.45, 2.75) is 20.1 Å². The van der Waals surface area contributed by atoms with E-state index in [1.807, 2.05) is 24.4 Å². The van der Waals surface area contributed by atoms with E-state index in [1.165, 1.54) is 0 Å². The lowest BCUT2D eigenvalue weighted by atomic mass is 10.2. The molecule has 0 aliphatic rings. The first-order chi connectivity index (χ1) is 13.1. The van der Waals surface area contributed by atoms with Gasteiger partial charge in [0.15, 0.2) is 16.6 Å². The fourth-order valence-electron chi connectivity index (χ4n) is 2.43. The predicted octanol–water partition coefficient (Wildman–Crippen LogP) is 6.80. The molecule has 8 heteroatoms. The van der Waals surface area contributed by atoms with Crippen LogP contribution in [-0.4, -0.2) is 11.6 Å². The highest BCUT2D eigenvalue weighted by Crippen LogP contribution is 2.38. The van der Waals surface area contributed by atoms with E-state index in [0.29, 0.717) is 34.7 Å². The van der Waals surface area contributed by atoms with E-state index in [0.717, 1.165) is 20.7 Å². The quantitative estimate of drug-likeness (QED) is 0.379. The highest BCUT2D eigenvalue weighted by atomic mass is 79.9. The summed E-state index contributed by atoms with van der Waals surface area (Å²) in [5, 5.41) is 7.23. The monoisotopic (exact) mass is 486 g/mol. The van der Waals surface area contributed by atoms with Crippen molar-refractivity contribution in [3.63, 3.8) is 0 Å². The van der Waals surface area contributed by atoms with Crippen LogP contribution in [-0.2, 0) is 13.2 Å². The van der Waals surface area contributed by atoms with E-state index < -0.39 is 0 Å². The van der Waals surface area contributed by atoms with Crippen molar-refractivity contribution in [3.05, 3.63) is 67.6 Å². The molecule has 3 rings (SSSR count). The smallest absolute Gasteiger partial charge is 0.182 e. The maximum Gasteiger partial charge on any atom is 0.182 e. The Kier molecular flexibility index (Phi) is 7.24. The van der Waals surface area contributed by atoms with Gasteiger partial charge in [0.2, 0.25) is 0 Å². The standard InChI is InChI=1S/C19H17BrCl2N2O2S/c1-2-25-17-9-12(10-24-19-23-6-7-27-19)8-14(20)18(17)26-11-13-15(21)4-3-5-16(13)22/h3-9H,2,10-11H2,1H3,(H,23,24). The fraction of sp³-hybridized carbons (Fsp3) is 0.211. The first-order valence-corrected chi connectivity index (χ1v) is 10.7. The van der Waals surface area contributed by atoms with Crippen LogP contribution in [0.15, 0.2) is 46.4 Å². The van der Waals surface area contributed by atoms with Gasteiger partial charge in [0.05, 0.1) is 11.1 Å². The maximum absolute atomic E-state index is 6.23. The number of aromatic nitrogens is 1. The number of rotatable bonds is 8. The molecule has 0 unspecified atom stereocenters. The molecule has 4 nitrogen and oxygen atoms in total. The Labute approximate surface area is 180 Å². The molecule has 2 aromatic carbocycles. The maximum atomic E-state index is 6.23. The lowest BCUT2D eigenvalue weighted by molar-refractivity contribution is 0.267. The van der Waals surface area contributed by atoms with Crippen LogP contribution in [0.2, 0.25) is 10.0 Å². The van der Waals surface area contributed by atoms with Crippen molar-refractivity contribution in [1.29, 1.82) is 0 Å². The van der Waals surface area contributed by atoms with Crippen molar-refractivity contribution in [2.75, 3.05) is 11.9 Å². The number of halogens is 3. The molecule has 0 bridgehead atoms. The third-order valence-electron chi connectivity index (χ3n) is 3.67. The number of hydrogen-bond donors (Lipinski definition) is 1. The fourth-order valence-corrected chi connectivity index (χ4v) is 4.07. The van der Waals surface area contributed by atoms with E-state index in [4.69, 9.17) is 32.7 Å². The second kappa shape index (κ2) is 9.64. The van der Waals surface area contributed by atoms with Crippen molar-refractivity contribution < 1.29 is 9.47 Å². The molecule has 0 aliphatic heterocycles. The Bertz CT molecular complexity index is 887. The lowest BCUT2D eigenvalue weighted by Crippen LogP contribution is -2.04. The van der Waals surface area contributed by atoms with Gasteiger partial charge in [0, 0.05) is 33.7 Å². The van der Waals surface area contributed by atoms with E-state index in [1.54, 1.807) is 35.7 Å². The molecular formula is C19H17BrCl2N2O2S. The average Bonchev–Trinajstić information content (AvgIpc) is 3.15. The predicted molar refractivity (Wildman–Crippen MR) is 116 cm³/mol. The number of nitrogens with zero attached hydrogens (tertiary/aromatic N) is 1. The van der Waals surface area contributed by atoms with Gasteiger partial charge in [-0.05, 0) is 52.7 Å². The van der Waals surface area contributed by atoms with Gasteiger partial charge in [-0.2, -0.15) is 0 Å². The Morgan fingerprint density at radius 2 is 1.96 bits per heavy atom. The lowest BCUT2D eigenvalue weighted by Gasteiger charge is -2.16. The van der Waals surface area contributed by atoms with Crippen LogP contribution >= 0.6 is 50.5 Å². The summed E-state index contributed by atoms with van der Waals surface area (Å²) < 4.78 is 12.6. The molecule has 0 spiro atoms. The number of ether oxygens (including phenoxy) is 2. The van der Waals surface area contributed by atoms with Crippen LogP contribution in [0.1, 0.15) is 18.1 Å². The van der Waals surface area contributed by atoms with E-state index in [2.05, 4.69) is 26.2 Å². The molecule has 1 aromatic heterocycles. The molecule has 1 N–H and O–H groups in total. The van der Waals surface area contributed by atoms with Gasteiger partial charge in [0.25, 0.3) is 0 Å². The zero-order valence-corrected chi connectivity index (χ0v) is 18.4. The van der Waals surface area contributed by atoms with Gasteiger partial charge in [0.1, 0.15) is 6.61 Å². The second-order valence-electron chi connectivity index (χ2n) is 5.52. The first kappa shape index (κ1) is 20.3. The Morgan fingerprint density at radius 3 is 2.63 bits per heavy atom. The minimum atomic E-state index is 0.244. The molecule has 142 valence electrons. The van der Waals surface area contributed by atoms with Crippen molar-refractivity contribution in [3.8, 4) is 11.5 Å². The van der Waals surface area contributed by atoms with Gasteiger partial charge in [-0.25, -0.2) is 4.98 Å². The molecule has 0 saturated carbocycles. The number of anilines is 1. The molecule has 0 radical (unpaired) electrons. The summed E-state index contributed by atoms with van der Waals surface area (Å²) in [5.74, 6) is 1.27. The summed E-state index contributed by atoms with van der Waals surface area (Å²) in [6.45, 7) is 3.33. The van der Waals surface area contributed by atoms with Crippen LogP contribution in [0.4, 0.5) is 5.13 Å². The summed E-state index contributed by atoms with van der Waals surface area (Å²) >= 11 is 17.6. The van der Waals surface area contributed by atoms with Crippen molar-refractivity contribution in [1.82, 2.24) is 4.98 Å². The van der Waals surface area contributed by atoms with Gasteiger partial charge in [-0.15, -0.1) is 11.3 Å². The van der Waals surface area contributed by atoms with Gasteiger partial charge < -0.3 is 14.8 Å². The summed E-state index contributed by atoms with van der Waals surface area (Å²) in [6, 6.07) is 9.33. The number of benzene rings is 2. The second-order valence-corrected chi connectivity index (χ2v) is 8.08. The zero-order chi connectivity index (χ0) is 19.2. The highest BCUT2D eigenvalue weighted by molar-refractivity contribution is 9.10. The van der Waals surface area contributed by atoms with Gasteiger partial charge in [-0.3, -0.25) is 0 Å². The molecule has 0 saturated heterocycles. The normalized spacial score (nSPS) is 10.7. The molecule has 0 amide bonds. The molecular weight excluding hydrogens is 471 g/mol. The average molecular weight is 488 g/mol. The van der Waals surface area contributed by atoms with Crippen molar-refractivity contribution in [2.24, 2.45) is 0 Å². The zero-order valence-electron chi connectivity index (χ0n) is 14.5.